The standard InChI is InChI=1S/C9H13N3O/c1-3-8(13)12(2)9-7(10)5-4-6-11-9/h4-6H,3,10H2,1-2H3. The van der Waals surface area contributed by atoms with E-state index in [1.165, 1.54) is 4.90 Å². The van der Waals surface area contributed by atoms with E-state index in [0.717, 1.165) is 0 Å². The number of rotatable bonds is 2. The number of amides is 1. The molecule has 1 aromatic rings. The molecule has 0 bridgehead atoms. The van der Waals surface area contributed by atoms with Crippen LogP contribution in [-0.4, -0.2) is 17.9 Å². The normalized spacial score (nSPS) is 9.69. The number of nitrogens with zero attached hydrogens (tertiary/aromatic N) is 2. The third-order valence-corrected chi connectivity index (χ3v) is 1.81. The smallest absolute Gasteiger partial charge is 0.227 e. The van der Waals surface area contributed by atoms with Crippen LogP contribution < -0.4 is 10.6 Å². The summed E-state index contributed by atoms with van der Waals surface area (Å²) in [4.78, 5) is 16.8. The first-order chi connectivity index (χ1) is 6.16. The first-order valence-electron chi connectivity index (χ1n) is 4.14. The number of hydrogen-bond acceptors (Lipinski definition) is 3. The summed E-state index contributed by atoms with van der Waals surface area (Å²) in [5, 5.41) is 0. The van der Waals surface area contributed by atoms with Gasteiger partial charge in [-0.25, -0.2) is 4.98 Å². The van der Waals surface area contributed by atoms with Crippen LogP contribution in [0.1, 0.15) is 13.3 Å². The van der Waals surface area contributed by atoms with Crippen LogP contribution in [0.25, 0.3) is 0 Å². The molecule has 4 nitrogen and oxygen atoms in total. The highest BCUT2D eigenvalue weighted by molar-refractivity contribution is 5.94. The number of hydrogen-bond donors (Lipinski definition) is 1. The second kappa shape index (κ2) is 3.89. The summed E-state index contributed by atoms with van der Waals surface area (Å²) in [6.07, 6.45) is 2.07. The molecule has 0 aromatic carbocycles. The predicted octanol–water partition coefficient (Wildman–Crippen LogP) is 1.04. The molecule has 70 valence electrons. The molecule has 0 atom stereocenters. The molecule has 0 fully saturated rings. The van der Waals surface area contributed by atoms with Crippen LogP contribution in [-0.2, 0) is 4.79 Å². The number of nitrogens with two attached hydrogens (primary N) is 1. The van der Waals surface area contributed by atoms with Gasteiger partial charge in [-0.15, -0.1) is 0 Å². The highest BCUT2D eigenvalue weighted by Crippen LogP contribution is 2.17. The maximum absolute atomic E-state index is 11.3. The van der Waals surface area contributed by atoms with E-state index in [9.17, 15) is 4.79 Å². The van der Waals surface area contributed by atoms with E-state index in [-0.39, 0.29) is 5.91 Å². The van der Waals surface area contributed by atoms with Gasteiger partial charge in [-0.2, -0.15) is 0 Å². The van der Waals surface area contributed by atoms with Gasteiger partial charge >= 0.3 is 0 Å². The molecule has 0 radical (unpaired) electrons. The van der Waals surface area contributed by atoms with Crippen LogP contribution >= 0.6 is 0 Å². The molecule has 1 aromatic heterocycles. The number of pyridine rings is 1. The molecule has 0 spiro atoms. The van der Waals surface area contributed by atoms with E-state index in [4.69, 9.17) is 5.73 Å². The molecule has 4 heteroatoms. The van der Waals surface area contributed by atoms with E-state index in [1.54, 1.807) is 32.3 Å². The number of aromatic nitrogens is 1. The lowest BCUT2D eigenvalue weighted by atomic mass is 10.3. The van der Waals surface area contributed by atoms with Crippen molar-refractivity contribution in [1.82, 2.24) is 4.98 Å². The Kier molecular flexibility index (Phi) is 2.84. The summed E-state index contributed by atoms with van der Waals surface area (Å²) < 4.78 is 0. The van der Waals surface area contributed by atoms with Crippen molar-refractivity contribution >= 4 is 17.4 Å². The van der Waals surface area contributed by atoms with Gasteiger partial charge in [-0.1, -0.05) is 6.92 Å². The van der Waals surface area contributed by atoms with Crippen molar-refractivity contribution in [3.63, 3.8) is 0 Å². The molecule has 0 aliphatic rings. The topological polar surface area (TPSA) is 59.2 Å². The fourth-order valence-corrected chi connectivity index (χ4v) is 1.04. The van der Waals surface area contributed by atoms with Gasteiger partial charge < -0.3 is 5.73 Å². The monoisotopic (exact) mass is 179 g/mol. The van der Waals surface area contributed by atoms with Crippen molar-refractivity contribution in [2.75, 3.05) is 17.7 Å². The van der Waals surface area contributed by atoms with Crippen LogP contribution in [0.15, 0.2) is 18.3 Å². The lowest BCUT2D eigenvalue weighted by Gasteiger charge is -2.16. The Balaban J connectivity index is 2.95. The number of anilines is 2. The van der Waals surface area contributed by atoms with Crippen LogP contribution in [0.3, 0.4) is 0 Å². The highest BCUT2D eigenvalue weighted by atomic mass is 16.2. The molecule has 0 saturated heterocycles. The van der Waals surface area contributed by atoms with Gasteiger partial charge in [0, 0.05) is 19.7 Å². The second-order valence-corrected chi connectivity index (χ2v) is 2.72. The summed E-state index contributed by atoms with van der Waals surface area (Å²) in [5.74, 6) is 0.528. The summed E-state index contributed by atoms with van der Waals surface area (Å²) in [7, 11) is 1.67. The zero-order chi connectivity index (χ0) is 9.84. The van der Waals surface area contributed by atoms with Crippen molar-refractivity contribution in [2.24, 2.45) is 0 Å². The van der Waals surface area contributed by atoms with Gasteiger partial charge in [-0.3, -0.25) is 9.69 Å². The molecule has 1 rings (SSSR count). The van der Waals surface area contributed by atoms with Crippen LogP contribution in [0.5, 0.6) is 0 Å². The van der Waals surface area contributed by atoms with E-state index in [2.05, 4.69) is 4.98 Å². The Morgan fingerprint density at radius 3 is 2.92 bits per heavy atom. The van der Waals surface area contributed by atoms with Gasteiger partial charge in [-0.05, 0) is 12.1 Å². The van der Waals surface area contributed by atoms with Crippen LogP contribution in [0.2, 0.25) is 0 Å². The quantitative estimate of drug-likeness (QED) is 0.737. The fourth-order valence-electron chi connectivity index (χ4n) is 1.04. The number of carbonyl (C=O) groups excluding carboxylic acids is 1. The minimum atomic E-state index is 0.00500. The zero-order valence-electron chi connectivity index (χ0n) is 7.82. The van der Waals surface area contributed by atoms with E-state index >= 15 is 0 Å². The molecule has 1 amide bonds. The maximum atomic E-state index is 11.3. The first-order valence-corrected chi connectivity index (χ1v) is 4.14. The van der Waals surface area contributed by atoms with Crippen molar-refractivity contribution < 1.29 is 4.79 Å². The van der Waals surface area contributed by atoms with E-state index in [0.29, 0.717) is 17.9 Å². The molecule has 0 unspecified atom stereocenters. The van der Waals surface area contributed by atoms with Crippen molar-refractivity contribution in [1.29, 1.82) is 0 Å². The first kappa shape index (κ1) is 9.51. The minimum absolute atomic E-state index is 0.00500. The van der Waals surface area contributed by atoms with Crippen molar-refractivity contribution in [3.05, 3.63) is 18.3 Å². The number of carbonyl (C=O) groups is 1. The fraction of sp³-hybridized carbons (Fsp3) is 0.333. The highest BCUT2D eigenvalue weighted by Gasteiger charge is 2.11. The lowest BCUT2D eigenvalue weighted by molar-refractivity contribution is -0.118. The Morgan fingerprint density at radius 1 is 1.69 bits per heavy atom. The van der Waals surface area contributed by atoms with Crippen LogP contribution in [0.4, 0.5) is 11.5 Å². The lowest BCUT2D eigenvalue weighted by Crippen LogP contribution is -2.26. The molecule has 2 N–H and O–H groups in total. The van der Waals surface area contributed by atoms with Gasteiger partial charge in [0.25, 0.3) is 0 Å². The number of nitrogen functional groups attached to an aromatic ring is 1. The Morgan fingerprint density at radius 2 is 2.38 bits per heavy atom. The average Bonchev–Trinajstić information content (AvgIpc) is 2.16. The third kappa shape index (κ3) is 1.96. The molecular weight excluding hydrogens is 166 g/mol. The summed E-state index contributed by atoms with van der Waals surface area (Å²) >= 11 is 0. The summed E-state index contributed by atoms with van der Waals surface area (Å²) in [6.45, 7) is 1.80. The minimum Gasteiger partial charge on any atom is -0.396 e. The van der Waals surface area contributed by atoms with Gasteiger partial charge in [0.15, 0.2) is 5.82 Å². The molecule has 1 heterocycles. The Labute approximate surface area is 77.4 Å². The van der Waals surface area contributed by atoms with E-state index < -0.39 is 0 Å². The van der Waals surface area contributed by atoms with Gasteiger partial charge in [0.1, 0.15) is 0 Å². The Bertz CT molecular complexity index is 311. The maximum Gasteiger partial charge on any atom is 0.227 e. The van der Waals surface area contributed by atoms with Gasteiger partial charge in [0.05, 0.1) is 5.69 Å². The van der Waals surface area contributed by atoms with Crippen molar-refractivity contribution in [3.8, 4) is 0 Å². The zero-order valence-corrected chi connectivity index (χ0v) is 7.82. The molecule has 13 heavy (non-hydrogen) atoms. The Hall–Kier alpha value is -1.58. The predicted molar refractivity (Wildman–Crippen MR) is 52.4 cm³/mol. The average molecular weight is 179 g/mol. The third-order valence-electron chi connectivity index (χ3n) is 1.81. The van der Waals surface area contributed by atoms with Crippen LogP contribution in [0, 0.1) is 0 Å². The van der Waals surface area contributed by atoms with Gasteiger partial charge in [0.2, 0.25) is 5.91 Å². The largest absolute Gasteiger partial charge is 0.396 e. The second-order valence-electron chi connectivity index (χ2n) is 2.72. The van der Waals surface area contributed by atoms with Crippen molar-refractivity contribution in [2.45, 2.75) is 13.3 Å². The molecular formula is C9H13N3O. The SMILES string of the molecule is CCC(=O)N(C)c1ncccc1N. The molecule has 0 aliphatic heterocycles. The summed E-state index contributed by atoms with van der Waals surface area (Å²) in [6, 6.07) is 3.46. The van der Waals surface area contributed by atoms with E-state index in [1.807, 2.05) is 0 Å². The molecule has 0 saturated carbocycles. The molecule has 0 aliphatic carbocycles. The summed E-state index contributed by atoms with van der Waals surface area (Å²) in [5.41, 5.74) is 6.18.